The van der Waals surface area contributed by atoms with Crippen LogP contribution in [0.4, 0.5) is 5.69 Å². The normalized spacial score (nSPS) is 12.5. The molecule has 0 fully saturated rings. The Kier molecular flexibility index (Phi) is 10.4. The van der Waals surface area contributed by atoms with Gasteiger partial charge in [-0.05, 0) is 131 Å². The summed E-state index contributed by atoms with van der Waals surface area (Å²) in [5.74, 6) is 0.153. The van der Waals surface area contributed by atoms with Gasteiger partial charge in [0, 0.05) is 57.6 Å². The molecule has 10 aromatic carbocycles. The molecule has 0 radical (unpaired) electrons. The summed E-state index contributed by atoms with van der Waals surface area (Å²) in [4.78, 5) is 2.53. The number of para-hydroxylation sites is 4. The van der Waals surface area contributed by atoms with Crippen molar-refractivity contribution in [3.8, 4) is 22.5 Å². The summed E-state index contributed by atoms with van der Waals surface area (Å²) < 4.78 is 4.86. The molecule has 1 aliphatic carbocycles. The Labute approximate surface area is 416 Å². The SMILES string of the molecule is CCc1ccc(C(c2ccc(C3c4ccccc4-c4ccccc43)cc2)(c2ccc(-n3c4ccccc4c4ccccc43)cc2)c2ccc(-n3c4ccccc4c4ccccc43)cc2)cc1N(CC)CC. The molecule has 12 aromatic rings. The zero-order valence-electron chi connectivity index (χ0n) is 40.6. The van der Waals surface area contributed by atoms with Crippen molar-refractivity contribution < 1.29 is 0 Å². The minimum atomic E-state index is -0.711. The van der Waals surface area contributed by atoms with Crippen molar-refractivity contribution in [2.75, 3.05) is 18.0 Å². The highest BCUT2D eigenvalue weighted by Crippen LogP contribution is 2.51. The molecule has 3 heteroatoms. The van der Waals surface area contributed by atoms with Gasteiger partial charge < -0.3 is 14.0 Å². The van der Waals surface area contributed by atoms with Crippen molar-refractivity contribution in [1.82, 2.24) is 9.13 Å². The molecule has 0 atom stereocenters. The Balaban J connectivity index is 1.06. The van der Waals surface area contributed by atoms with Gasteiger partial charge in [-0.1, -0.05) is 189 Å². The van der Waals surface area contributed by atoms with Crippen LogP contribution in [0.5, 0.6) is 0 Å². The minimum absolute atomic E-state index is 0.153. The number of aryl methyl sites for hydroxylation is 1. The Morgan fingerprint density at radius 1 is 0.380 bits per heavy atom. The largest absolute Gasteiger partial charge is 0.372 e. The van der Waals surface area contributed by atoms with Gasteiger partial charge in [-0.25, -0.2) is 0 Å². The van der Waals surface area contributed by atoms with Crippen LogP contribution in [-0.4, -0.2) is 22.2 Å². The maximum atomic E-state index is 2.53. The van der Waals surface area contributed by atoms with E-state index in [0.717, 1.165) is 30.9 Å². The molecule has 0 saturated heterocycles. The highest BCUT2D eigenvalue weighted by Gasteiger charge is 2.40. The third kappa shape index (κ3) is 6.56. The number of nitrogens with zero attached hydrogens (tertiary/aromatic N) is 3. The van der Waals surface area contributed by atoms with E-state index in [2.05, 4.69) is 271 Å². The van der Waals surface area contributed by atoms with Gasteiger partial charge in [0.25, 0.3) is 0 Å². The fourth-order valence-electron chi connectivity index (χ4n) is 12.5. The van der Waals surface area contributed by atoms with Gasteiger partial charge in [0.05, 0.1) is 27.5 Å². The molecule has 0 spiro atoms. The third-order valence-corrected chi connectivity index (χ3v) is 15.8. The van der Waals surface area contributed by atoms with Crippen molar-refractivity contribution in [3.05, 3.63) is 281 Å². The first-order valence-electron chi connectivity index (χ1n) is 25.5. The lowest BCUT2D eigenvalue weighted by Gasteiger charge is -2.38. The van der Waals surface area contributed by atoms with Gasteiger partial charge in [-0.2, -0.15) is 0 Å². The molecule has 0 saturated carbocycles. The van der Waals surface area contributed by atoms with Crippen LogP contribution in [-0.2, 0) is 11.8 Å². The molecular formula is C68H55N3. The molecule has 13 rings (SSSR count). The first-order valence-corrected chi connectivity index (χ1v) is 25.5. The molecule has 0 bridgehead atoms. The fourth-order valence-corrected chi connectivity index (χ4v) is 12.5. The molecule has 0 amide bonds. The van der Waals surface area contributed by atoms with Crippen molar-refractivity contribution in [2.24, 2.45) is 0 Å². The third-order valence-electron chi connectivity index (χ3n) is 15.8. The number of hydrogen-bond acceptors (Lipinski definition) is 1. The molecule has 1 aliphatic rings. The topological polar surface area (TPSA) is 13.1 Å². The van der Waals surface area contributed by atoms with E-state index in [9.17, 15) is 0 Å². The van der Waals surface area contributed by atoms with Crippen LogP contribution >= 0.6 is 0 Å². The van der Waals surface area contributed by atoms with Gasteiger partial charge in [-0.3, -0.25) is 0 Å². The number of fused-ring (bicyclic) bond motifs is 9. The Morgan fingerprint density at radius 3 is 1.15 bits per heavy atom. The summed E-state index contributed by atoms with van der Waals surface area (Å²) in [5.41, 5.74) is 20.7. The van der Waals surface area contributed by atoms with E-state index in [1.165, 1.54) is 105 Å². The monoisotopic (exact) mass is 913 g/mol. The number of hydrogen-bond donors (Lipinski definition) is 0. The molecule has 0 N–H and O–H groups in total. The second-order valence-corrected chi connectivity index (χ2v) is 19.2. The van der Waals surface area contributed by atoms with Crippen LogP contribution in [0.25, 0.3) is 66.1 Å². The van der Waals surface area contributed by atoms with Crippen LogP contribution < -0.4 is 4.90 Å². The summed E-state index contributed by atoms with van der Waals surface area (Å²) in [7, 11) is 0. The summed E-state index contributed by atoms with van der Waals surface area (Å²) in [6, 6.07) is 89.2. The Hall–Kier alpha value is -8.40. The maximum Gasteiger partial charge on any atom is 0.0702 e. The average Bonchev–Trinajstić information content (AvgIpc) is 4.08. The van der Waals surface area contributed by atoms with E-state index in [1.807, 2.05) is 0 Å². The van der Waals surface area contributed by atoms with E-state index in [0.29, 0.717) is 0 Å². The summed E-state index contributed by atoms with van der Waals surface area (Å²) in [5, 5.41) is 5.05. The second kappa shape index (κ2) is 17.2. The molecule has 2 heterocycles. The van der Waals surface area contributed by atoms with E-state index >= 15 is 0 Å². The van der Waals surface area contributed by atoms with Crippen LogP contribution in [0.15, 0.2) is 237 Å². The maximum absolute atomic E-state index is 2.53. The van der Waals surface area contributed by atoms with Crippen LogP contribution in [0, 0.1) is 0 Å². The number of rotatable bonds is 11. The van der Waals surface area contributed by atoms with Gasteiger partial charge in [0.15, 0.2) is 0 Å². The first-order chi connectivity index (χ1) is 35.1. The standard InChI is InChI=1S/C68H55N3/c1-4-46-31-36-51(45-66(46)69(5-2)6-3)68(48-34-32-47(33-35-48)67-60-25-9-7-19-54(60)55-20-8-10-26-61(55)67,49-37-41-52(42-38-49)70-62-27-15-11-21-56(62)57-22-12-16-28-63(57)70)50-39-43-53(44-40-50)71-64-29-17-13-23-58(64)59-24-14-18-30-65(59)71/h7-45,67H,4-6H2,1-3H3. The average molecular weight is 914 g/mol. The van der Waals surface area contributed by atoms with E-state index in [4.69, 9.17) is 0 Å². The smallest absolute Gasteiger partial charge is 0.0702 e. The van der Waals surface area contributed by atoms with Crippen molar-refractivity contribution in [1.29, 1.82) is 0 Å². The molecule has 342 valence electrons. The predicted octanol–water partition coefficient (Wildman–Crippen LogP) is 16.8. The lowest BCUT2D eigenvalue weighted by atomic mass is 9.64. The quantitative estimate of drug-likeness (QED) is 0.118. The van der Waals surface area contributed by atoms with Crippen LogP contribution in [0.1, 0.15) is 71.2 Å². The molecule has 0 aliphatic heterocycles. The predicted molar refractivity (Wildman–Crippen MR) is 299 cm³/mol. The molecule has 2 aromatic heterocycles. The van der Waals surface area contributed by atoms with E-state index in [1.54, 1.807) is 0 Å². The van der Waals surface area contributed by atoms with Crippen molar-refractivity contribution in [3.63, 3.8) is 0 Å². The van der Waals surface area contributed by atoms with Gasteiger partial charge in [0.2, 0.25) is 0 Å². The highest BCUT2D eigenvalue weighted by molar-refractivity contribution is 6.10. The number of anilines is 1. The molecule has 3 nitrogen and oxygen atoms in total. The van der Waals surface area contributed by atoms with Crippen LogP contribution in [0.2, 0.25) is 0 Å². The van der Waals surface area contributed by atoms with Crippen molar-refractivity contribution >= 4 is 49.3 Å². The zero-order chi connectivity index (χ0) is 47.6. The van der Waals surface area contributed by atoms with E-state index < -0.39 is 5.41 Å². The highest BCUT2D eigenvalue weighted by atomic mass is 15.1. The molecule has 0 unspecified atom stereocenters. The second-order valence-electron chi connectivity index (χ2n) is 19.2. The van der Waals surface area contributed by atoms with Gasteiger partial charge >= 0.3 is 0 Å². The minimum Gasteiger partial charge on any atom is -0.372 e. The zero-order valence-corrected chi connectivity index (χ0v) is 40.6. The van der Waals surface area contributed by atoms with Crippen LogP contribution in [0.3, 0.4) is 0 Å². The van der Waals surface area contributed by atoms with Gasteiger partial charge in [-0.15, -0.1) is 0 Å². The Bertz CT molecular complexity index is 3630. The molecule has 71 heavy (non-hydrogen) atoms. The fraction of sp³-hybridized carbons (Fsp3) is 0.118. The lowest BCUT2D eigenvalue weighted by molar-refractivity contribution is 0.740. The number of benzene rings is 10. The number of aromatic nitrogens is 2. The first kappa shape index (κ1) is 42.7. The summed E-state index contributed by atoms with van der Waals surface area (Å²) >= 11 is 0. The summed E-state index contributed by atoms with van der Waals surface area (Å²) in [6.45, 7) is 8.71. The van der Waals surface area contributed by atoms with Crippen molar-refractivity contribution in [2.45, 2.75) is 38.5 Å². The lowest BCUT2D eigenvalue weighted by Crippen LogP contribution is -2.32. The Morgan fingerprint density at radius 2 is 0.746 bits per heavy atom. The van der Waals surface area contributed by atoms with E-state index in [-0.39, 0.29) is 5.92 Å². The summed E-state index contributed by atoms with van der Waals surface area (Å²) in [6.07, 6.45) is 0.957. The molecular weight excluding hydrogens is 859 g/mol. The van der Waals surface area contributed by atoms with Gasteiger partial charge in [0.1, 0.15) is 0 Å².